The SMILES string of the molecule is CCCNC(=O)c1cccc(CNC(=NC)NCC(C(C)C)N2CCOCC2)c1.I. The molecular formula is C22H38IN5O2. The summed E-state index contributed by atoms with van der Waals surface area (Å²) in [5, 5.41) is 9.73. The first-order chi connectivity index (χ1) is 14.0. The summed E-state index contributed by atoms with van der Waals surface area (Å²) in [6.07, 6.45) is 0.927. The average molecular weight is 531 g/mol. The third-order valence-electron chi connectivity index (χ3n) is 5.17. The number of hydrogen-bond donors (Lipinski definition) is 3. The third kappa shape index (κ3) is 8.77. The van der Waals surface area contributed by atoms with Crippen LogP contribution >= 0.6 is 24.0 Å². The van der Waals surface area contributed by atoms with Crippen LogP contribution in [0.25, 0.3) is 0 Å². The second-order valence-corrected chi connectivity index (χ2v) is 7.72. The van der Waals surface area contributed by atoms with Gasteiger partial charge in [-0.25, -0.2) is 0 Å². The van der Waals surface area contributed by atoms with E-state index in [4.69, 9.17) is 4.74 Å². The minimum atomic E-state index is -0.0264. The van der Waals surface area contributed by atoms with E-state index in [9.17, 15) is 4.79 Å². The molecule has 0 aromatic heterocycles. The quantitative estimate of drug-likeness (QED) is 0.259. The maximum Gasteiger partial charge on any atom is 0.251 e. The highest BCUT2D eigenvalue weighted by atomic mass is 127. The standard InChI is InChI=1S/C22H37N5O2.HI/c1-5-9-24-21(28)19-8-6-7-18(14-19)15-25-22(23-4)26-16-20(17(2)3)27-10-12-29-13-11-27;/h6-8,14,17,20H,5,9-13,15-16H2,1-4H3,(H,24,28)(H2,23,25,26);1H. The van der Waals surface area contributed by atoms with Crippen molar-refractivity contribution in [2.24, 2.45) is 10.9 Å². The molecule has 0 aliphatic carbocycles. The number of nitrogens with one attached hydrogen (secondary N) is 3. The number of halogens is 1. The van der Waals surface area contributed by atoms with E-state index in [1.807, 2.05) is 31.2 Å². The summed E-state index contributed by atoms with van der Waals surface area (Å²) in [6.45, 7) is 12.2. The molecule has 1 heterocycles. The van der Waals surface area contributed by atoms with Crippen LogP contribution in [0.5, 0.6) is 0 Å². The van der Waals surface area contributed by atoms with Crippen molar-refractivity contribution in [3.8, 4) is 0 Å². The molecule has 1 saturated heterocycles. The topological polar surface area (TPSA) is 78.0 Å². The summed E-state index contributed by atoms with van der Waals surface area (Å²) < 4.78 is 5.49. The average Bonchev–Trinajstić information content (AvgIpc) is 2.75. The second-order valence-electron chi connectivity index (χ2n) is 7.72. The molecule has 1 aromatic rings. The number of hydrogen-bond acceptors (Lipinski definition) is 4. The monoisotopic (exact) mass is 531 g/mol. The summed E-state index contributed by atoms with van der Waals surface area (Å²) in [5.74, 6) is 1.28. The lowest BCUT2D eigenvalue weighted by molar-refractivity contribution is 0.00752. The van der Waals surface area contributed by atoms with E-state index in [2.05, 4.69) is 39.7 Å². The van der Waals surface area contributed by atoms with Gasteiger partial charge in [0.05, 0.1) is 13.2 Å². The number of rotatable bonds is 9. The summed E-state index contributed by atoms with van der Waals surface area (Å²) in [7, 11) is 1.78. The number of amides is 1. The Morgan fingerprint density at radius 3 is 2.57 bits per heavy atom. The zero-order chi connectivity index (χ0) is 21.1. The van der Waals surface area contributed by atoms with E-state index in [0.29, 0.717) is 30.6 Å². The Bertz CT molecular complexity index is 663. The molecule has 170 valence electrons. The van der Waals surface area contributed by atoms with Gasteiger partial charge in [-0.2, -0.15) is 0 Å². The van der Waals surface area contributed by atoms with Crippen LogP contribution in [0.4, 0.5) is 0 Å². The smallest absolute Gasteiger partial charge is 0.251 e. The lowest BCUT2D eigenvalue weighted by Gasteiger charge is -2.37. The van der Waals surface area contributed by atoms with Crippen LogP contribution in [-0.4, -0.2) is 69.2 Å². The molecule has 1 aliphatic heterocycles. The van der Waals surface area contributed by atoms with Gasteiger partial charge in [0.15, 0.2) is 5.96 Å². The third-order valence-corrected chi connectivity index (χ3v) is 5.17. The Balaban J connectivity index is 0.00000450. The zero-order valence-corrected chi connectivity index (χ0v) is 21.1. The summed E-state index contributed by atoms with van der Waals surface area (Å²) >= 11 is 0. The number of carbonyl (C=O) groups is 1. The van der Waals surface area contributed by atoms with Crippen LogP contribution in [0.3, 0.4) is 0 Å². The van der Waals surface area contributed by atoms with Gasteiger partial charge >= 0.3 is 0 Å². The van der Waals surface area contributed by atoms with Crippen LogP contribution in [0.2, 0.25) is 0 Å². The van der Waals surface area contributed by atoms with Crippen molar-refractivity contribution in [1.29, 1.82) is 0 Å². The Morgan fingerprint density at radius 2 is 1.93 bits per heavy atom. The van der Waals surface area contributed by atoms with Crippen LogP contribution in [0.15, 0.2) is 29.3 Å². The minimum Gasteiger partial charge on any atom is -0.379 e. The number of carbonyl (C=O) groups excluding carboxylic acids is 1. The van der Waals surface area contributed by atoms with Crippen molar-refractivity contribution >= 4 is 35.8 Å². The van der Waals surface area contributed by atoms with E-state index < -0.39 is 0 Å². The van der Waals surface area contributed by atoms with Crippen molar-refractivity contribution in [2.45, 2.75) is 39.8 Å². The Labute approximate surface area is 198 Å². The van der Waals surface area contributed by atoms with Gasteiger partial charge in [0.2, 0.25) is 0 Å². The van der Waals surface area contributed by atoms with Crippen molar-refractivity contribution in [3.63, 3.8) is 0 Å². The van der Waals surface area contributed by atoms with E-state index in [-0.39, 0.29) is 29.9 Å². The molecule has 8 heteroatoms. The molecule has 1 atom stereocenters. The molecule has 0 bridgehead atoms. The summed E-state index contributed by atoms with van der Waals surface area (Å²) in [4.78, 5) is 19.0. The fourth-order valence-electron chi connectivity index (χ4n) is 3.47. The highest BCUT2D eigenvalue weighted by Crippen LogP contribution is 2.12. The first kappa shape index (κ1) is 26.6. The predicted octanol–water partition coefficient (Wildman–Crippen LogP) is 2.47. The van der Waals surface area contributed by atoms with Gasteiger partial charge in [0, 0.05) is 51.4 Å². The fraction of sp³-hybridized carbons (Fsp3) is 0.636. The molecule has 0 saturated carbocycles. The van der Waals surface area contributed by atoms with E-state index in [0.717, 1.165) is 50.8 Å². The first-order valence-corrected chi connectivity index (χ1v) is 10.7. The van der Waals surface area contributed by atoms with E-state index >= 15 is 0 Å². The number of morpholine rings is 1. The van der Waals surface area contributed by atoms with Crippen LogP contribution in [0.1, 0.15) is 43.1 Å². The predicted molar refractivity (Wildman–Crippen MR) is 134 cm³/mol. The van der Waals surface area contributed by atoms with Crippen molar-refractivity contribution in [2.75, 3.05) is 46.4 Å². The minimum absolute atomic E-state index is 0. The maximum atomic E-state index is 12.2. The molecule has 3 N–H and O–H groups in total. The van der Waals surface area contributed by atoms with Crippen molar-refractivity contribution in [3.05, 3.63) is 35.4 Å². The lowest BCUT2D eigenvalue weighted by Crippen LogP contribution is -2.52. The fourth-order valence-corrected chi connectivity index (χ4v) is 3.47. The molecular weight excluding hydrogens is 493 g/mol. The summed E-state index contributed by atoms with van der Waals surface area (Å²) in [5.41, 5.74) is 1.73. The molecule has 1 unspecified atom stereocenters. The van der Waals surface area contributed by atoms with Gasteiger partial charge < -0.3 is 20.7 Å². The second kappa shape index (κ2) is 14.6. The largest absolute Gasteiger partial charge is 0.379 e. The number of aliphatic imine (C=N–C) groups is 1. The van der Waals surface area contributed by atoms with E-state index in [1.165, 1.54) is 0 Å². The lowest BCUT2D eigenvalue weighted by atomic mass is 10.0. The van der Waals surface area contributed by atoms with Crippen molar-refractivity contribution in [1.82, 2.24) is 20.9 Å². The van der Waals surface area contributed by atoms with Crippen LogP contribution in [-0.2, 0) is 11.3 Å². The molecule has 0 spiro atoms. The molecule has 30 heavy (non-hydrogen) atoms. The number of ether oxygens (including phenoxy) is 1. The van der Waals surface area contributed by atoms with Gasteiger partial charge in [-0.15, -0.1) is 24.0 Å². The molecule has 2 rings (SSSR count). The molecule has 0 radical (unpaired) electrons. The highest BCUT2D eigenvalue weighted by Gasteiger charge is 2.23. The normalized spacial score (nSPS) is 16.0. The zero-order valence-electron chi connectivity index (χ0n) is 18.7. The van der Waals surface area contributed by atoms with Gasteiger partial charge in [-0.3, -0.25) is 14.7 Å². The highest BCUT2D eigenvalue weighted by molar-refractivity contribution is 14.0. The number of benzene rings is 1. The Kier molecular flexibility index (Phi) is 13.0. The van der Waals surface area contributed by atoms with Crippen LogP contribution in [0, 0.1) is 5.92 Å². The number of nitrogens with zero attached hydrogens (tertiary/aromatic N) is 2. The van der Waals surface area contributed by atoms with Gasteiger partial charge in [0.1, 0.15) is 0 Å². The Morgan fingerprint density at radius 1 is 1.20 bits per heavy atom. The maximum absolute atomic E-state index is 12.2. The van der Waals surface area contributed by atoms with E-state index in [1.54, 1.807) is 7.05 Å². The molecule has 1 fully saturated rings. The van der Waals surface area contributed by atoms with Crippen LogP contribution < -0.4 is 16.0 Å². The van der Waals surface area contributed by atoms with Gasteiger partial charge in [0.25, 0.3) is 5.91 Å². The Hall–Kier alpha value is -1.39. The van der Waals surface area contributed by atoms with Gasteiger partial charge in [-0.1, -0.05) is 32.9 Å². The molecule has 1 aliphatic rings. The number of guanidine groups is 1. The molecule has 1 amide bonds. The first-order valence-electron chi connectivity index (χ1n) is 10.7. The molecule has 7 nitrogen and oxygen atoms in total. The van der Waals surface area contributed by atoms with Gasteiger partial charge in [-0.05, 0) is 30.0 Å². The summed E-state index contributed by atoms with van der Waals surface area (Å²) in [6, 6.07) is 8.14. The molecule has 1 aromatic carbocycles. The van der Waals surface area contributed by atoms with Crippen molar-refractivity contribution < 1.29 is 9.53 Å².